The van der Waals surface area contributed by atoms with E-state index < -0.39 is 12.0 Å². The van der Waals surface area contributed by atoms with E-state index in [1.807, 2.05) is 25.1 Å². The molecule has 1 saturated carbocycles. The molecule has 0 aliphatic heterocycles. The van der Waals surface area contributed by atoms with Crippen molar-refractivity contribution in [2.75, 3.05) is 29.6 Å². The lowest BCUT2D eigenvalue weighted by Crippen LogP contribution is -2.22. The maximum atomic E-state index is 13.2. The number of rotatable bonds is 8. The van der Waals surface area contributed by atoms with Gasteiger partial charge in [0.1, 0.15) is 9.24 Å². The van der Waals surface area contributed by atoms with Gasteiger partial charge in [-0.05, 0) is 43.2 Å². The molecule has 0 spiro atoms. The van der Waals surface area contributed by atoms with Crippen LogP contribution in [0.1, 0.15) is 46.5 Å². The molecule has 2 heterocycles. The summed E-state index contributed by atoms with van der Waals surface area (Å²) in [5.74, 6) is -1.21. The quantitative estimate of drug-likeness (QED) is 0.340. The van der Waals surface area contributed by atoms with Crippen molar-refractivity contribution in [3.63, 3.8) is 0 Å². The number of carboxylic acid groups (broad SMARTS) is 1. The summed E-state index contributed by atoms with van der Waals surface area (Å²) in [5.41, 5.74) is 1.58. The number of hydrogen-bond donors (Lipinski definition) is 3. The number of hydrogen-bond acceptors (Lipinski definition) is 8. The molecule has 2 amide bonds. The van der Waals surface area contributed by atoms with Crippen molar-refractivity contribution in [1.29, 1.82) is 0 Å². The Morgan fingerprint density at radius 3 is 2.54 bits per heavy atom. The fourth-order valence-corrected chi connectivity index (χ4v) is 5.87. The fourth-order valence-electron chi connectivity index (χ4n) is 3.85. The zero-order valence-electron chi connectivity index (χ0n) is 19.3. The Kier molecular flexibility index (Phi) is 7.67. The van der Waals surface area contributed by atoms with Crippen LogP contribution in [-0.2, 0) is 0 Å². The normalized spacial score (nSPS) is 13.4. The Hall–Kier alpha value is -3.44. The zero-order valence-corrected chi connectivity index (χ0v) is 20.9. The van der Waals surface area contributed by atoms with E-state index in [1.54, 1.807) is 36.5 Å². The fraction of sp³-hybridized carbons (Fsp3) is 0.292. The predicted molar refractivity (Wildman–Crippen MR) is 137 cm³/mol. The molecule has 1 fully saturated rings. The van der Waals surface area contributed by atoms with Crippen LogP contribution in [0.2, 0.25) is 0 Å². The van der Waals surface area contributed by atoms with Gasteiger partial charge < -0.3 is 15.3 Å². The van der Waals surface area contributed by atoms with Crippen molar-refractivity contribution in [3.8, 4) is 0 Å². The maximum absolute atomic E-state index is 13.2. The molecule has 3 N–H and O–H groups in total. The third kappa shape index (κ3) is 5.98. The first-order valence-electron chi connectivity index (χ1n) is 11.1. The largest absolute Gasteiger partial charge is 0.476 e. The van der Waals surface area contributed by atoms with E-state index in [-0.39, 0.29) is 22.5 Å². The molecule has 0 unspecified atom stereocenters. The first-order valence-corrected chi connectivity index (χ1v) is 12.7. The number of urea groups is 1. The summed E-state index contributed by atoms with van der Waals surface area (Å²) in [7, 11) is 3.78. The maximum Gasteiger partial charge on any atom is 0.356 e. The molecule has 1 aliphatic carbocycles. The first-order chi connectivity index (χ1) is 16.8. The number of carbonyl (C=O) groups excluding carboxylic acids is 2. The summed E-state index contributed by atoms with van der Waals surface area (Å²) in [6.07, 6.45) is 5.38. The molecule has 0 bridgehead atoms. The zero-order chi connectivity index (χ0) is 24.9. The van der Waals surface area contributed by atoms with Crippen LogP contribution in [0.15, 0.2) is 51.8 Å². The number of pyridine rings is 1. The van der Waals surface area contributed by atoms with Crippen molar-refractivity contribution in [2.45, 2.75) is 34.9 Å². The van der Waals surface area contributed by atoms with Crippen LogP contribution in [0.3, 0.4) is 0 Å². The Morgan fingerprint density at radius 2 is 1.89 bits per heavy atom. The van der Waals surface area contributed by atoms with Gasteiger partial charge in [-0.1, -0.05) is 42.0 Å². The number of aromatic carboxylic acids is 1. The number of carboxylic acids is 1. The van der Waals surface area contributed by atoms with Gasteiger partial charge in [0.05, 0.1) is 5.69 Å². The molecule has 1 aliphatic rings. The van der Waals surface area contributed by atoms with Gasteiger partial charge in [0.2, 0.25) is 0 Å². The van der Waals surface area contributed by atoms with E-state index >= 15 is 0 Å². The van der Waals surface area contributed by atoms with Crippen molar-refractivity contribution in [2.24, 2.45) is 5.92 Å². The lowest BCUT2D eigenvalue weighted by Gasteiger charge is -2.18. The number of ketones is 1. The summed E-state index contributed by atoms with van der Waals surface area (Å²) in [6.45, 7) is 0. The summed E-state index contributed by atoms with van der Waals surface area (Å²) in [5, 5.41) is 15.6. The third-order valence-electron chi connectivity index (χ3n) is 5.61. The van der Waals surface area contributed by atoms with Crippen LogP contribution in [0.5, 0.6) is 0 Å². The van der Waals surface area contributed by atoms with Gasteiger partial charge in [0, 0.05) is 37.5 Å². The average Bonchev–Trinajstić information content (AvgIpc) is 3.50. The summed E-state index contributed by atoms with van der Waals surface area (Å²) in [4.78, 5) is 47.8. The Bertz CT molecular complexity index is 1240. The highest BCUT2D eigenvalue weighted by molar-refractivity contribution is 8.01. The highest BCUT2D eigenvalue weighted by atomic mass is 32.2. The highest BCUT2D eigenvalue weighted by Crippen LogP contribution is 2.37. The van der Waals surface area contributed by atoms with Gasteiger partial charge in [0.25, 0.3) is 0 Å². The Labute approximate surface area is 211 Å². The number of nitrogens with one attached hydrogen (secondary N) is 2. The van der Waals surface area contributed by atoms with Gasteiger partial charge in [-0.3, -0.25) is 10.1 Å². The number of anilines is 3. The number of aromatic nitrogens is 2. The van der Waals surface area contributed by atoms with E-state index in [1.165, 1.54) is 0 Å². The molecule has 35 heavy (non-hydrogen) atoms. The van der Waals surface area contributed by atoms with Crippen LogP contribution in [-0.4, -0.2) is 47.0 Å². The minimum atomic E-state index is -1.20. The minimum Gasteiger partial charge on any atom is -0.476 e. The molecule has 182 valence electrons. The number of Topliss-reactive ketones (excluding diaryl/α,β-unsaturated/α-hetero) is 1. The number of nitrogens with zero attached hydrogens (tertiary/aromatic N) is 3. The van der Waals surface area contributed by atoms with Crippen LogP contribution in [0.4, 0.5) is 21.3 Å². The summed E-state index contributed by atoms with van der Waals surface area (Å²) >= 11 is 2.21. The number of amides is 2. The smallest absolute Gasteiger partial charge is 0.356 e. The molecule has 9 nitrogen and oxygen atoms in total. The average molecular weight is 512 g/mol. The second-order valence-electron chi connectivity index (χ2n) is 8.28. The molecule has 1 aromatic carbocycles. The standard InChI is InChI=1S/C24H25N5O4S2/c1-29(2)15-10-11-17(16(13-15)20(30)14-7-3-4-8-14)26-23(33)28-24-27-19(21(31)32)22(35-24)34-18-9-5-6-12-25-18/h5-6,9-14H,3-4,7-8H2,1-2H3,(H,31,32)(H2,26,27,28,33). The lowest BCUT2D eigenvalue weighted by atomic mass is 9.94. The molecule has 11 heteroatoms. The van der Waals surface area contributed by atoms with Crippen LogP contribution in [0, 0.1) is 5.92 Å². The van der Waals surface area contributed by atoms with E-state index in [0.29, 0.717) is 20.5 Å². The van der Waals surface area contributed by atoms with E-state index in [4.69, 9.17) is 0 Å². The van der Waals surface area contributed by atoms with Gasteiger partial charge in [-0.25, -0.2) is 19.6 Å². The molecule has 0 radical (unpaired) electrons. The summed E-state index contributed by atoms with van der Waals surface area (Å²) < 4.78 is 0.402. The van der Waals surface area contributed by atoms with Crippen molar-refractivity contribution < 1.29 is 19.5 Å². The van der Waals surface area contributed by atoms with Crippen LogP contribution >= 0.6 is 23.1 Å². The molecule has 4 rings (SSSR count). The molecular formula is C24H25N5O4S2. The minimum absolute atomic E-state index is 0.0259. The van der Waals surface area contributed by atoms with Gasteiger partial charge in [0.15, 0.2) is 16.6 Å². The molecular weight excluding hydrogens is 486 g/mol. The number of benzene rings is 1. The van der Waals surface area contributed by atoms with E-state index in [2.05, 4.69) is 20.6 Å². The van der Waals surface area contributed by atoms with Crippen LogP contribution in [0.25, 0.3) is 0 Å². The SMILES string of the molecule is CN(C)c1ccc(NC(=O)Nc2nc(C(=O)O)c(Sc3ccccn3)s2)c(C(=O)C2CCCC2)c1. The first kappa shape index (κ1) is 24.7. The van der Waals surface area contributed by atoms with E-state index in [9.17, 15) is 19.5 Å². The second-order valence-corrected chi connectivity index (χ2v) is 10.6. The topological polar surface area (TPSA) is 125 Å². The Balaban J connectivity index is 1.53. The van der Waals surface area contributed by atoms with Gasteiger partial charge in [-0.15, -0.1) is 0 Å². The second kappa shape index (κ2) is 10.9. The molecule has 0 saturated heterocycles. The monoisotopic (exact) mass is 511 g/mol. The van der Waals surface area contributed by atoms with E-state index in [0.717, 1.165) is 54.5 Å². The van der Waals surface area contributed by atoms with Gasteiger partial charge >= 0.3 is 12.0 Å². The predicted octanol–water partition coefficient (Wildman–Crippen LogP) is 5.47. The molecule has 0 atom stereocenters. The molecule has 3 aromatic rings. The number of carbonyl (C=O) groups is 3. The van der Waals surface area contributed by atoms with Crippen LogP contribution < -0.4 is 15.5 Å². The van der Waals surface area contributed by atoms with Crippen molar-refractivity contribution in [3.05, 3.63) is 53.9 Å². The van der Waals surface area contributed by atoms with Gasteiger partial charge in [-0.2, -0.15) is 0 Å². The third-order valence-corrected chi connectivity index (χ3v) is 7.71. The van der Waals surface area contributed by atoms with Crippen molar-refractivity contribution >= 4 is 57.4 Å². The number of thiazole rings is 1. The molecule has 2 aromatic heterocycles. The lowest BCUT2D eigenvalue weighted by molar-refractivity contribution is 0.0687. The van der Waals surface area contributed by atoms with Crippen molar-refractivity contribution in [1.82, 2.24) is 9.97 Å². The highest BCUT2D eigenvalue weighted by Gasteiger charge is 2.27. The Morgan fingerprint density at radius 1 is 1.11 bits per heavy atom. The summed E-state index contributed by atoms with van der Waals surface area (Å²) in [6, 6.07) is 10.1.